The van der Waals surface area contributed by atoms with Crippen LogP contribution in [0, 0.1) is 11.3 Å². The van der Waals surface area contributed by atoms with E-state index in [0.29, 0.717) is 11.8 Å². The van der Waals surface area contributed by atoms with Crippen molar-refractivity contribution in [3.63, 3.8) is 0 Å². The number of aromatic nitrogens is 1. The van der Waals surface area contributed by atoms with Gasteiger partial charge >= 0.3 is 0 Å². The van der Waals surface area contributed by atoms with Crippen molar-refractivity contribution in [2.24, 2.45) is 0 Å². The number of ether oxygens (including phenoxy) is 2. The molecule has 4 nitrogen and oxygen atoms in total. The quantitative estimate of drug-likeness (QED) is 0.802. The molecule has 2 unspecified atom stereocenters. The highest BCUT2D eigenvalue weighted by Gasteiger charge is 2.22. The molecule has 2 rings (SSSR count). The van der Waals surface area contributed by atoms with Crippen LogP contribution in [0.2, 0.25) is 0 Å². The Morgan fingerprint density at radius 2 is 2.18 bits per heavy atom. The van der Waals surface area contributed by atoms with Gasteiger partial charge in [0.25, 0.3) is 0 Å². The van der Waals surface area contributed by atoms with Crippen molar-refractivity contribution in [1.82, 2.24) is 4.98 Å². The highest BCUT2D eigenvalue weighted by Crippen LogP contribution is 2.24. The molecule has 0 saturated heterocycles. The number of nitriles is 1. The molecule has 0 N–H and O–H groups in total. The van der Waals surface area contributed by atoms with Crippen LogP contribution in [0.4, 0.5) is 0 Å². The molecule has 0 aliphatic heterocycles. The molecule has 0 amide bonds. The maximum Gasteiger partial charge on any atom is 0.140 e. The fourth-order valence-corrected chi connectivity index (χ4v) is 2.13. The van der Waals surface area contributed by atoms with E-state index in [2.05, 4.69) is 4.98 Å². The van der Waals surface area contributed by atoms with E-state index in [-0.39, 0.29) is 6.10 Å². The molecule has 1 aliphatic carbocycles. The molecule has 0 radical (unpaired) electrons. The van der Waals surface area contributed by atoms with Crippen LogP contribution in [0.3, 0.4) is 0 Å². The maximum absolute atomic E-state index is 8.65. The minimum absolute atomic E-state index is 0.198. The molecular weight excluding hydrogens is 216 g/mol. The zero-order valence-electron chi connectivity index (χ0n) is 9.93. The fourth-order valence-electron chi connectivity index (χ4n) is 2.13. The van der Waals surface area contributed by atoms with Gasteiger partial charge < -0.3 is 9.47 Å². The molecule has 1 saturated carbocycles. The van der Waals surface area contributed by atoms with Crippen molar-refractivity contribution in [3.05, 3.63) is 24.0 Å². The highest BCUT2D eigenvalue weighted by molar-refractivity contribution is 5.26. The van der Waals surface area contributed by atoms with Gasteiger partial charge in [-0.1, -0.05) is 0 Å². The van der Waals surface area contributed by atoms with Crippen LogP contribution in [0.1, 0.15) is 31.4 Å². The van der Waals surface area contributed by atoms with Crippen molar-refractivity contribution in [1.29, 1.82) is 5.26 Å². The second-order valence-corrected chi connectivity index (χ2v) is 4.26. The summed E-state index contributed by atoms with van der Waals surface area (Å²) in [4.78, 5) is 3.98. The van der Waals surface area contributed by atoms with Crippen molar-refractivity contribution in [2.75, 3.05) is 7.11 Å². The predicted octanol–water partition coefficient (Wildman–Crippen LogP) is 2.29. The van der Waals surface area contributed by atoms with E-state index in [1.165, 1.54) is 0 Å². The van der Waals surface area contributed by atoms with E-state index in [9.17, 15) is 0 Å². The van der Waals surface area contributed by atoms with Gasteiger partial charge in [-0.3, -0.25) is 0 Å². The first-order valence-corrected chi connectivity index (χ1v) is 5.87. The van der Waals surface area contributed by atoms with E-state index in [1.54, 1.807) is 25.4 Å². The van der Waals surface area contributed by atoms with E-state index < -0.39 is 0 Å². The van der Waals surface area contributed by atoms with Gasteiger partial charge in [-0.2, -0.15) is 5.26 Å². The third-order valence-electron chi connectivity index (χ3n) is 3.06. The third-order valence-corrected chi connectivity index (χ3v) is 3.06. The van der Waals surface area contributed by atoms with Crippen molar-refractivity contribution in [3.8, 4) is 11.8 Å². The van der Waals surface area contributed by atoms with Crippen LogP contribution in [-0.2, 0) is 4.74 Å². The lowest BCUT2D eigenvalue weighted by Gasteiger charge is -2.28. The molecule has 0 bridgehead atoms. The molecule has 4 heteroatoms. The summed E-state index contributed by atoms with van der Waals surface area (Å²) in [6.07, 6.45) is 6.34. The summed E-state index contributed by atoms with van der Waals surface area (Å²) in [5, 5.41) is 8.65. The van der Waals surface area contributed by atoms with Crippen molar-refractivity contribution >= 4 is 0 Å². The van der Waals surface area contributed by atoms with Gasteiger partial charge in [-0.25, -0.2) is 4.98 Å². The number of methoxy groups -OCH3 is 1. The molecule has 1 aromatic heterocycles. The molecule has 1 heterocycles. The molecule has 0 spiro atoms. The highest BCUT2D eigenvalue weighted by atomic mass is 16.5. The van der Waals surface area contributed by atoms with Crippen LogP contribution < -0.4 is 4.74 Å². The molecule has 0 aromatic carbocycles. The molecule has 1 aromatic rings. The largest absolute Gasteiger partial charge is 0.489 e. The SMILES string of the molecule is COC1CCCC(Oc2ccc(C#N)nc2)C1. The zero-order chi connectivity index (χ0) is 12.1. The first kappa shape index (κ1) is 11.9. The molecule has 1 aliphatic rings. The average molecular weight is 232 g/mol. The average Bonchev–Trinajstić information content (AvgIpc) is 2.40. The first-order valence-electron chi connectivity index (χ1n) is 5.87. The van der Waals surface area contributed by atoms with Gasteiger partial charge in [0.1, 0.15) is 23.6 Å². The molecular formula is C13H16N2O2. The summed E-state index contributed by atoms with van der Waals surface area (Å²) in [5.74, 6) is 0.728. The smallest absolute Gasteiger partial charge is 0.140 e. The van der Waals surface area contributed by atoms with E-state index >= 15 is 0 Å². The van der Waals surface area contributed by atoms with Gasteiger partial charge in [-0.15, -0.1) is 0 Å². The Kier molecular flexibility index (Phi) is 3.94. The third kappa shape index (κ3) is 3.18. The molecule has 2 atom stereocenters. The van der Waals surface area contributed by atoms with Crippen LogP contribution >= 0.6 is 0 Å². The maximum atomic E-state index is 8.65. The Morgan fingerprint density at radius 1 is 1.35 bits per heavy atom. The fraction of sp³-hybridized carbons (Fsp3) is 0.538. The topological polar surface area (TPSA) is 55.1 Å². The van der Waals surface area contributed by atoms with Gasteiger partial charge in [0.15, 0.2) is 0 Å². The van der Waals surface area contributed by atoms with Crippen LogP contribution in [0.15, 0.2) is 18.3 Å². The zero-order valence-corrected chi connectivity index (χ0v) is 9.93. The standard InChI is InChI=1S/C13H16N2O2/c1-16-11-3-2-4-12(7-11)17-13-6-5-10(8-14)15-9-13/h5-6,9,11-12H,2-4,7H2,1H3. The summed E-state index contributed by atoms with van der Waals surface area (Å²) in [7, 11) is 1.75. The second kappa shape index (κ2) is 5.65. The summed E-state index contributed by atoms with van der Waals surface area (Å²) >= 11 is 0. The summed E-state index contributed by atoms with van der Waals surface area (Å²) < 4.78 is 11.2. The lowest BCUT2D eigenvalue weighted by molar-refractivity contribution is 0.0208. The van der Waals surface area contributed by atoms with E-state index in [1.807, 2.05) is 6.07 Å². The summed E-state index contributed by atoms with van der Waals surface area (Å²) in [5.41, 5.74) is 0.413. The summed E-state index contributed by atoms with van der Waals surface area (Å²) in [6.45, 7) is 0. The van der Waals surface area contributed by atoms with Crippen LogP contribution in [-0.4, -0.2) is 24.3 Å². The lowest BCUT2D eigenvalue weighted by atomic mass is 9.95. The minimum Gasteiger partial charge on any atom is -0.489 e. The second-order valence-electron chi connectivity index (χ2n) is 4.26. The number of hydrogen-bond donors (Lipinski definition) is 0. The van der Waals surface area contributed by atoms with Crippen molar-refractivity contribution in [2.45, 2.75) is 37.9 Å². The molecule has 17 heavy (non-hydrogen) atoms. The van der Waals surface area contributed by atoms with Crippen LogP contribution in [0.5, 0.6) is 5.75 Å². The summed E-state index contributed by atoms with van der Waals surface area (Å²) in [6, 6.07) is 5.45. The van der Waals surface area contributed by atoms with Crippen molar-refractivity contribution < 1.29 is 9.47 Å². The van der Waals surface area contributed by atoms with E-state index in [4.69, 9.17) is 14.7 Å². The van der Waals surface area contributed by atoms with Crippen LogP contribution in [0.25, 0.3) is 0 Å². The monoisotopic (exact) mass is 232 g/mol. The van der Waals surface area contributed by atoms with Gasteiger partial charge in [0.2, 0.25) is 0 Å². The number of nitrogens with zero attached hydrogens (tertiary/aromatic N) is 2. The van der Waals surface area contributed by atoms with E-state index in [0.717, 1.165) is 31.4 Å². The number of hydrogen-bond acceptors (Lipinski definition) is 4. The predicted molar refractivity (Wildman–Crippen MR) is 62.6 cm³/mol. The first-order chi connectivity index (χ1) is 8.31. The Morgan fingerprint density at radius 3 is 2.82 bits per heavy atom. The normalized spacial score (nSPS) is 24.0. The number of pyridine rings is 1. The Balaban J connectivity index is 1.93. The Bertz CT molecular complexity index is 397. The lowest BCUT2D eigenvalue weighted by Crippen LogP contribution is -2.29. The van der Waals surface area contributed by atoms with Gasteiger partial charge in [0, 0.05) is 13.5 Å². The molecule has 1 fully saturated rings. The minimum atomic E-state index is 0.198. The molecule has 90 valence electrons. The number of rotatable bonds is 3. The Labute approximate surface area is 101 Å². The Hall–Kier alpha value is -1.60. The van der Waals surface area contributed by atoms with Gasteiger partial charge in [-0.05, 0) is 31.4 Å². The van der Waals surface area contributed by atoms with Gasteiger partial charge in [0.05, 0.1) is 12.3 Å².